The number of thiazole rings is 1. The van der Waals surface area contributed by atoms with Gasteiger partial charge >= 0.3 is 0 Å². The number of ether oxygens (including phenoxy) is 1. The summed E-state index contributed by atoms with van der Waals surface area (Å²) >= 11 is 7.61. The van der Waals surface area contributed by atoms with Crippen LogP contribution in [-0.2, 0) is 11.3 Å². The van der Waals surface area contributed by atoms with Gasteiger partial charge in [-0.25, -0.2) is 15.0 Å². The van der Waals surface area contributed by atoms with Gasteiger partial charge in [0.05, 0.1) is 35.7 Å². The molecule has 2 aromatic heterocycles. The molecule has 3 heterocycles. The van der Waals surface area contributed by atoms with Crippen molar-refractivity contribution in [2.45, 2.75) is 6.54 Å². The Morgan fingerprint density at radius 2 is 2.08 bits per heavy atom. The second-order valence-electron chi connectivity index (χ2n) is 5.45. The van der Waals surface area contributed by atoms with Crippen molar-refractivity contribution in [3.05, 3.63) is 41.3 Å². The first-order chi connectivity index (χ1) is 11.8. The van der Waals surface area contributed by atoms with E-state index in [0.29, 0.717) is 6.54 Å². The topological polar surface area (TPSA) is 63.2 Å². The van der Waals surface area contributed by atoms with Crippen molar-refractivity contribution in [3.63, 3.8) is 0 Å². The van der Waals surface area contributed by atoms with Gasteiger partial charge in [-0.2, -0.15) is 0 Å². The average molecular weight is 362 g/mol. The molecule has 1 fully saturated rings. The van der Waals surface area contributed by atoms with Gasteiger partial charge in [0.25, 0.3) is 0 Å². The lowest BCUT2D eigenvalue weighted by Crippen LogP contribution is -2.36. The highest BCUT2D eigenvalue weighted by Crippen LogP contribution is 2.28. The molecule has 1 aliphatic rings. The number of fused-ring (bicyclic) bond motifs is 1. The molecule has 0 bridgehead atoms. The molecule has 1 aliphatic heterocycles. The molecule has 0 unspecified atom stereocenters. The minimum absolute atomic E-state index is 0.605. The van der Waals surface area contributed by atoms with Gasteiger partial charge in [-0.3, -0.25) is 0 Å². The Kier molecular flexibility index (Phi) is 4.46. The molecule has 1 aromatic carbocycles. The highest BCUT2D eigenvalue weighted by molar-refractivity contribution is 7.22. The smallest absolute Gasteiger partial charge is 0.184 e. The van der Waals surface area contributed by atoms with Crippen molar-refractivity contribution in [3.8, 4) is 0 Å². The van der Waals surface area contributed by atoms with E-state index >= 15 is 0 Å². The van der Waals surface area contributed by atoms with Crippen LogP contribution in [0.15, 0.2) is 30.6 Å². The maximum Gasteiger partial charge on any atom is 0.184 e. The lowest BCUT2D eigenvalue weighted by Gasteiger charge is -2.27. The van der Waals surface area contributed by atoms with Crippen molar-refractivity contribution in [2.75, 3.05) is 36.5 Å². The van der Waals surface area contributed by atoms with E-state index in [1.807, 2.05) is 24.3 Å². The van der Waals surface area contributed by atoms with Gasteiger partial charge < -0.3 is 15.0 Å². The van der Waals surface area contributed by atoms with Gasteiger partial charge in [0.1, 0.15) is 12.1 Å². The Bertz CT molecular complexity index is 849. The predicted octanol–water partition coefficient (Wildman–Crippen LogP) is 3.19. The van der Waals surface area contributed by atoms with Crippen LogP contribution in [0.3, 0.4) is 0 Å². The fourth-order valence-corrected chi connectivity index (χ4v) is 3.73. The molecular formula is C16H16ClN5OS. The van der Waals surface area contributed by atoms with Crippen LogP contribution < -0.4 is 10.2 Å². The van der Waals surface area contributed by atoms with E-state index in [1.165, 1.54) is 0 Å². The second kappa shape index (κ2) is 6.88. The number of morpholine rings is 1. The van der Waals surface area contributed by atoms with Crippen molar-refractivity contribution in [1.82, 2.24) is 15.0 Å². The first kappa shape index (κ1) is 15.6. The maximum atomic E-state index is 6.02. The van der Waals surface area contributed by atoms with Crippen LogP contribution >= 0.6 is 22.9 Å². The molecule has 0 amide bonds. The molecule has 1 saturated heterocycles. The van der Waals surface area contributed by atoms with Crippen LogP contribution in [0.1, 0.15) is 5.69 Å². The Morgan fingerprint density at radius 1 is 1.21 bits per heavy atom. The third-order valence-electron chi connectivity index (χ3n) is 3.82. The molecule has 8 heteroatoms. The van der Waals surface area contributed by atoms with Crippen LogP contribution in [0.25, 0.3) is 10.2 Å². The molecule has 0 spiro atoms. The number of benzene rings is 1. The SMILES string of the molecule is Clc1ccc2nc(NCc3cc(N4CCOCC4)ncn3)sc2c1. The number of hydrogen-bond donors (Lipinski definition) is 1. The molecule has 0 atom stereocenters. The quantitative estimate of drug-likeness (QED) is 0.770. The summed E-state index contributed by atoms with van der Waals surface area (Å²) in [5.74, 6) is 0.946. The summed E-state index contributed by atoms with van der Waals surface area (Å²) in [5, 5.41) is 4.92. The first-order valence-electron chi connectivity index (χ1n) is 7.71. The summed E-state index contributed by atoms with van der Waals surface area (Å²) in [6.07, 6.45) is 1.61. The van der Waals surface area contributed by atoms with E-state index in [9.17, 15) is 0 Å². The van der Waals surface area contributed by atoms with E-state index in [-0.39, 0.29) is 0 Å². The Balaban J connectivity index is 1.46. The molecule has 0 saturated carbocycles. The monoisotopic (exact) mass is 361 g/mol. The number of halogens is 1. The highest BCUT2D eigenvalue weighted by Gasteiger charge is 2.13. The molecule has 0 aliphatic carbocycles. The van der Waals surface area contributed by atoms with E-state index in [0.717, 1.165) is 58.2 Å². The molecular weight excluding hydrogens is 346 g/mol. The zero-order valence-corrected chi connectivity index (χ0v) is 14.5. The van der Waals surface area contributed by atoms with Crippen molar-refractivity contribution in [1.29, 1.82) is 0 Å². The summed E-state index contributed by atoms with van der Waals surface area (Å²) in [4.78, 5) is 15.5. The standard InChI is InChI=1S/C16H16ClN5OS/c17-11-1-2-13-14(7-11)24-16(21-13)18-9-12-8-15(20-10-19-12)22-3-5-23-6-4-22/h1-2,7-8,10H,3-6,9H2,(H,18,21). The van der Waals surface area contributed by atoms with Gasteiger partial charge in [0.15, 0.2) is 5.13 Å². The van der Waals surface area contributed by atoms with Gasteiger partial charge in [0, 0.05) is 24.2 Å². The van der Waals surface area contributed by atoms with Gasteiger partial charge in [-0.15, -0.1) is 0 Å². The molecule has 4 rings (SSSR count). The number of rotatable bonds is 4. The van der Waals surface area contributed by atoms with Crippen molar-refractivity contribution in [2.24, 2.45) is 0 Å². The maximum absolute atomic E-state index is 6.02. The van der Waals surface area contributed by atoms with Gasteiger partial charge in [-0.05, 0) is 18.2 Å². The van der Waals surface area contributed by atoms with Crippen molar-refractivity contribution < 1.29 is 4.74 Å². The highest BCUT2D eigenvalue weighted by atomic mass is 35.5. The molecule has 0 radical (unpaired) electrons. The third kappa shape index (κ3) is 3.43. The minimum atomic E-state index is 0.605. The Hall–Kier alpha value is -1.96. The number of nitrogens with zero attached hydrogens (tertiary/aromatic N) is 4. The minimum Gasteiger partial charge on any atom is -0.378 e. The summed E-state index contributed by atoms with van der Waals surface area (Å²) < 4.78 is 6.45. The molecule has 124 valence electrons. The van der Waals surface area contributed by atoms with Crippen LogP contribution in [0, 0.1) is 0 Å². The average Bonchev–Trinajstić information content (AvgIpc) is 3.03. The number of anilines is 2. The zero-order chi connectivity index (χ0) is 16.4. The van der Waals surface area contributed by atoms with E-state index in [2.05, 4.69) is 25.2 Å². The number of hydrogen-bond acceptors (Lipinski definition) is 7. The van der Waals surface area contributed by atoms with Crippen LogP contribution in [-0.4, -0.2) is 41.3 Å². The second-order valence-corrected chi connectivity index (χ2v) is 6.92. The Labute approximate surface area is 148 Å². The summed E-state index contributed by atoms with van der Waals surface area (Å²) in [5.41, 5.74) is 1.88. The molecule has 1 N–H and O–H groups in total. The van der Waals surface area contributed by atoms with E-state index in [4.69, 9.17) is 16.3 Å². The lowest BCUT2D eigenvalue weighted by atomic mass is 10.3. The van der Waals surface area contributed by atoms with Gasteiger partial charge in [-0.1, -0.05) is 22.9 Å². The Morgan fingerprint density at radius 3 is 2.96 bits per heavy atom. The summed E-state index contributed by atoms with van der Waals surface area (Å²) in [7, 11) is 0. The molecule has 24 heavy (non-hydrogen) atoms. The fourth-order valence-electron chi connectivity index (χ4n) is 2.59. The lowest BCUT2D eigenvalue weighted by molar-refractivity contribution is 0.122. The zero-order valence-electron chi connectivity index (χ0n) is 12.9. The summed E-state index contributed by atoms with van der Waals surface area (Å²) in [6.45, 7) is 3.82. The number of nitrogens with one attached hydrogen (secondary N) is 1. The molecule has 6 nitrogen and oxygen atoms in total. The third-order valence-corrected chi connectivity index (χ3v) is 5.03. The van der Waals surface area contributed by atoms with Crippen molar-refractivity contribution >= 4 is 44.1 Å². The number of aromatic nitrogens is 3. The largest absolute Gasteiger partial charge is 0.378 e. The fraction of sp³-hybridized carbons (Fsp3) is 0.312. The predicted molar refractivity (Wildman–Crippen MR) is 97.0 cm³/mol. The van der Waals surface area contributed by atoms with Crippen LogP contribution in [0.2, 0.25) is 5.02 Å². The summed E-state index contributed by atoms with van der Waals surface area (Å²) in [6, 6.07) is 7.73. The van der Waals surface area contributed by atoms with E-state index < -0.39 is 0 Å². The van der Waals surface area contributed by atoms with E-state index in [1.54, 1.807) is 17.7 Å². The van der Waals surface area contributed by atoms with Crippen LogP contribution in [0.5, 0.6) is 0 Å². The normalized spacial score (nSPS) is 15.0. The first-order valence-corrected chi connectivity index (χ1v) is 8.91. The molecule has 3 aromatic rings. The van der Waals surface area contributed by atoms with Crippen LogP contribution in [0.4, 0.5) is 10.9 Å². The van der Waals surface area contributed by atoms with Gasteiger partial charge in [0.2, 0.25) is 0 Å².